The van der Waals surface area contributed by atoms with Crippen molar-refractivity contribution in [3.63, 3.8) is 0 Å². The van der Waals surface area contributed by atoms with Gasteiger partial charge in [-0.1, -0.05) is 48.5 Å². The highest BCUT2D eigenvalue weighted by Gasteiger charge is 2.18. The summed E-state index contributed by atoms with van der Waals surface area (Å²) in [6.07, 6.45) is 3.51. The van der Waals surface area contributed by atoms with E-state index in [2.05, 4.69) is 10.6 Å². The van der Waals surface area contributed by atoms with Gasteiger partial charge in [0.05, 0.1) is 17.2 Å². The average molecular weight is 599 g/mol. The summed E-state index contributed by atoms with van der Waals surface area (Å²) in [5.41, 5.74) is 1.87. The van der Waals surface area contributed by atoms with Gasteiger partial charge in [-0.2, -0.15) is 8.42 Å². The highest BCUT2D eigenvalue weighted by atomic mass is 32.2. The molecule has 0 aliphatic heterocycles. The standard InChI is InChI=1S/C29H30N2O4S.CH4O3S/c1-20-26(32)22-12-8-13-23(28(22)35-27(20)21-10-4-3-5-11-21)29(33)31-17-9-16-30-18-19-34-24-14-6-7-15-25(24)36-2;1-5(2,3)4/h3-8,10-15,30H,9,16-19H2,1-2H3,(H,31,33);1H3,(H,2,3,4). The normalized spacial score (nSPS) is 11.0. The Morgan fingerprint density at radius 1 is 0.976 bits per heavy atom. The molecule has 0 spiro atoms. The molecule has 4 rings (SSSR count). The van der Waals surface area contributed by atoms with Crippen LogP contribution in [0, 0.1) is 6.92 Å². The van der Waals surface area contributed by atoms with Crippen molar-refractivity contribution in [2.75, 3.05) is 38.8 Å². The highest BCUT2D eigenvalue weighted by Crippen LogP contribution is 2.28. The van der Waals surface area contributed by atoms with Gasteiger partial charge in [-0.3, -0.25) is 14.1 Å². The fraction of sp³-hybridized carbons (Fsp3) is 0.267. The van der Waals surface area contributed by atoms with Gasteiger partial charge in [0.25, 0.3) is 16.0 Å². The van der Waals surface area contributed by atoms with Crippen molar-refractivity contribution in [3.05, 3.63) is 94.1 Å². The quantitative estimate of drug-likeness (QED) is 0.127. The van der Waals surface area contributed by atoms with Crippen LogP contribution >= 0.6 is 11.8 Å². The molecule has 0 unspecified atom stereocenters. The first-order chi connectivity index (χ1) is 19.6. The predicted octanol–water partition coefficient (Wildman–Crippen LogP) is 4.78. The van der Waals surface area contributed by atoms with E-state index in [0.717, 1.165) is 29.2 Å². The summed E-state index contributed by atoms with van der Waals surface area (Å²) < 4.78 is 37.9. The number of fused-ring (bicyclic) bond motifs is 1. The number of ether oxygens (including phenoxy) is 1. The number of para-hydroxylation sites is 2. The number of carbonyl (C=O) groups is 1. The molecule has 0 saturated carbocycles. The van der Waals surface area contributed by atoms with Crippen LogP contribution in [-0.4, -0.2) is 57.6 Å². The third-order valence-electron chi connectivity index (χ3n) is 5.85. The summed E-state index contributed by atoms with van der Waals surface area (Å²) in [6.45, 7) is 4.28. The molecule has 9 nitrogen and oxygen atoms in total. The molecule has 3 N–H and O–H groups in total. The first kappa shape index (κ1) is 31.9. The molecule has 4 aromatic rings. The van der Waals surface area contributed by atoms with Crippen molar-refractivity contribution >= 4 is 38.8 Å². The van der Waals surface area contributed by atoms with Crippen LogP contribution < -0.4 is 20.8 Å². The Morgan fingerprint density at radius 3 is 2.37 bits per heavy atom. The van der Waals surface area contributed by atoms with Gasteiger partial charge in [0.1, 0.15) is 18.1 Å². The van der Waals surface area contributed by atoms with E-state index in [-0.39, 0.29) is 11.3 Å². The zero-order valence-electron chi connectivity index (χ0n) is 23.2. The molecule has 3 aromatic carbocycles. The third kappa shape index (κ3) is 9.75. The summed E-state index contributed by atoms with van der Waals surface area (Å²) in [7, 11) is -3.67. The van der Waals surface area contributed by atoms with Crippen molar-refractivity contribution in [3.8, 4) is 17.1 Å². The third-order valence-corrected chi connectivity index (χ3v) is 6.62. The maximum absolute atomic E-state index is 13.0. The molecule has 218 valence electrons. The van der Waals surface area contributed by atoms with Crippen molar-refractivity contribution in [2.24, 2.45) is 0 Å². The summed E-state index contributed by atoms with van der Waals surface area (Å²) in [4.78, 5) is 27.1. The van der Waals surface area contributed by atoms with Crippen LogP contribution in [0.15, 0.2) is 86.9 Å². The molecular formula is C30H34N2O7S2. The largest absolute Gasteiger partial charge is 0.491 e. The monoisotopic (exact) mass is 598 g/mol. The summed E-state index contributed by atoms with van der Waals surface area (Å²) >= 11 is 1.66. The number of benzene rings is 3. The van der Waals surface area contributed by atoms with Crippen LogP contribution in [0.3, 0.4) is 0 Å². The van der Waals surface area contributed by atoms with Crippen LogP contribution in [0.5, 0.6) is 5.75 Å². The minimum absolute atomic E-state index is 0.128. The summed E-state index contributed by atoms with van der Waals surface area (Å²) in [6, 6.07) is 22.5. The van der Waals surface area contributed by atoms with E-state index in [4.69, 9.17) is 13.7 Å². The second-order valence-electron chi connectivity index (χ2n) is 9.03. The molecule has 1 amide bonds. The molecule has 0 saturated heterocycles. The van der Waals surface area contributed by atoms with Gasteiger partial charge in [-0.15, -0.1) is 11.8 Å². The Morgan fingerprint density at radius 2 is 1.66 bits per heavy atom. The van der Waals surface area contributed by atoms with E-state index in [1.165, 1.54) is 0 Å². The highest BCUT2D eigenvalue weighted by molar-refractivity contribution is 7.98. The lowest BCUT2D eigenvalue weighted by atomic mass is 10.0. The molecule has 0 fully saturated rings. The van der Waals surface area contributed by atoms with Gasteiger partial charge in [-0.25, -0.2) is 0 Å². The molecule has 0 atom stereocenters. The molecule has 0 aliphatic rings. The molecule has 41 heavy (non-hydrogen) atoms. The Balaban J connectivity index is 0.000000850. The molecule has 0 bridgehead atoms. The van der Waals surface area contributed by atoms with Crippen molar-refractivity contribution in [1.82, 2.24) is 10.6 Å². The van der Waals surface area contributed by atoms with Crippen molar-refractivity contribution < 1.29 is 26.9 Å². The number of thioether (sulfide) groups is 1. The fourth-order valence-corrected chi connectivity index (χ4v) is 4.50. The lowest BCUT2D eigenvalue weighted by Crippen LogP contribution is -2.29. The fourth-order valence-electron chi connectivity index (χ4n) is 3.96. The van der Waals surface area contributed by atoms with Gasteiger partial charge >= 0.3 is 0 Å². The van der Waals surface area contributed by atoms with Gasteiger partial charge in [-0.05, 0) is 50.4 Å². The molecule has 0 radical (unpaired) electrons. The summed E-state index contributed by atoms with van der Waals surface area (Å²) in [5.74, 6) is 1.12. The molecular weight excluding hydrogens is 564 g/mol. The van der Waals surface area contributed by atoms with Crippen LogP contribution in [0.1, 0.15) is 22.3 Å². The van der Waals surface area contributed by atoms with Crippen molar-refractivity contribution in [2.45, 2.75) is 18.2 Å². The zero-order chi connectivity index (χ0) is 29.8. The van der Waals surface area contributed by atoms with Crippen LogP contribution in [0.4, 0.5) is 0 Å². The van der Waals surface area contributed by atoms with Gasteiger partial charge in [0.2, 0.25) is 0 Å². The van der Waals surface area contributed by atoms with E-state index in [9.17, 15) is 18.0 Å². The maximum atomic E-state index is 13.0. The topological polar surface area (TPSA) is 135 Å². The molecule has 1 heterocycles. The van der Waals surface area contributed by atoms with E-state index < -0.39 is 10.1 Å². The van der Waals surface area contributed by atoms with Gasteiger partial charge < -0.3 is 19.8 Å². The van der Waals surface area contributed by atoms with Crippen LogP contribution in [-0.2, 0) is 10.1 Å². The van der Waals surface area contributed by atoms with E-state index in [1.807, 2.05) is 60.9 Å². The maximum Gasteiger partial charge on any atom is 0.261 e. The minimum atomic E-state index is -3.67. The minimum Gasteiger partial charge on any atom is -0.491 e. The second-order valence-corrected chi connectivity index (χ2v) is 11.3. The van der Waals surface area contributed by atoms with Gasteiger partial charge in [0, 0.05) is 29.1 Å². The Kier molecular flexibility index (Phi) is 12.0. The first-order valence-electron chi connectivity index (χ1n) is 12.9. The van der Waals surface area contributed by atoms with Gasteiger partial charge in [0.15, 0.2) is 11.0 Å². The van der Waals surface area contributed by atoms with Crippen LogP contribution in [0.2, 0.25) is 0 Å². The van der Waals surface area contributed by atoms with E-state index in [1.54, 1.807) is 36.9 Å². The smallest absolute Gasteiger partial charge is 0.261 e. The Bertz CT molecular complexity index is 1610. The predicted molar refractivity (Wildman–Crippen MR) is 164 cm³/mol. The SMILES string of the molecule is CS(=O)(=O)O.CSc1ccccc1OCCNCCCNC(=O)c1cccc2c(=O)c(C)c(-c3ccccc3)oc12. The summed E-state index contributed by atoms with van der Waals surface area (Å²) in [5, 5.41) is 6.68. The van der Waals surface area contributed by atoms with Crippen molar-refractivity contribution in [1.29, 1.82) is 0 Å². The molecule has 0 aliphatic carbocycles. The Hall–Kier alpha value is -3.64. The number of rotatable bonds is 11. The van der Waals surface area contributed by atoms with E-state index >= 15 is 0 Å². The van der Waals surface area contributed by atoms with Crippen LogP contribution in [0.25, 0.3) is 22.3 Å². The lowest BCUT2D eigenvalue weighted by molar-refractivity contribution is 0.0953. The average Bonchev–Trinajstić information content (AvgIpc) is 2.95. The second kappa shape index (κ2) is 15.4. The molecule has 11 heteroatoms. The number of amides is 1. The number of hydrogen-bond donors (Lipinski definition) is 3. The number of hydrogen-bond acceptors (Lipinski definition) is 8. The number of nitrogens with one attached hydrogen (secondary N) is 2. The lowest BCUT2D eigenvalue weighted by Gasteiger charge is -2.12. The first-order valence-corrected chi connectivity index (χ1v) is 16.0. The Labute approximate surface area is 244 Å². The zero-order valence-corrected chi connectivity index (χ0v) is 24.8. The number of carbonyl (C=O) groups excluding carboxylic acids is 1. The van der Waals surface area contributed by atoms with E-state index in [0.29, 0.717) is 53.8 Å². The molecule has 1 aromatic heterocycles.